The van der Waals surface area contributed by atoms with Gasteiger partial charge in [0.1, 0.15) is 12.4 Å². The van der Waals surface area contributed by atoms with Crippen LogP contribution in [0.25, 0.3) is 11.0 Å². The Kier molecular flexibility index (Phi) is 3.28. The highest BCUT2D eigenvalue weighted by Gasteiger charge is 2.23. The summed E-state index contributed by atoms with van der Waals surface area (Å²) in [5, 5.41) is 9.50. The SMILES string of the molecule is Nc1ccc2c(c1)nc(CO)n2C1CCS(=O)CC1. The number of benzene rings is 1. The highest BCUT2D eigenvalue weighted by Crippen LogP contribution is 2.29. The molecule has 3 N–H and O–H groups in total. The molecule has 2 heterocycles. The Labute approximate surface area is 113 Å². The molecule has 0 atom stereocenters. The van der Waals surface area contributed by atoms with E-state index in [2.05, 4.69) is 9.55 Å². The first-order valence-electron chi connectivity index (χ1n) is 6.41. The zero-order chi connectivity index (χ0) is 13.4. The Balaban J connectivity index is 2.08. The Morgan fingerprint density at radius 1 is 1.42 bits per heavy atom. The van der Waals surface area contributed by atoms with Gasteiger partial charge in [-0.05, 0) is 31.0 Å². The van der Waals surface area contributed by atoms with Crippen LogP contribution in [0.2, 0.25) is 0 Å². The van der Waals surface area contributed by atoms with Crippen LogP contribution in [0.3, 0.4) is 0 Å². The summed E-state index contributed by atoms with van der Waals surface area (Å²) < 4.78 is 13.5. The van der Waals surface area contributed by atoms with Gasteiger partial charge in [-0.1, -0.05) is 0 Å². The Hall–Kier alpha value is -1.40. The van der Waals surface area contributed by atoms with Crippen molar-refractivity contribution in [3.05, 3.63) is 24.0 Å². The van der Waals surface area contributed by atoms with Crippen molar-refractivity contribution < 1.29 is 9.32 Å². The van der Waals surface area contributed by atoms with Crippen molar-refractivity contribution in [1.29, 1.82) is 0 Å². The molecule has 0 radical (unpaired) electrons. The van der Waals surface area contributed by atoms with Gasteiger partial charge in [0, 0.05) is 34.0 Å². The average Bonchev–Trinajstić information content (AvgIpc) is 2.77. The summed E-state index contributed by atoms with van der Waals surface area (Å²) in [6.07, 6.45) is 1.74. The summed E-state index contributed by atoms with van der Waals surface area (Å²) in [4.78, 5) is 4.44. The molecule has 1 aromatic carbocycles. The molecule has 1 fully saturated rings. The zero-order valence-corrected chi connectivity index (χ0v) is 11.4. The predicted molar refractivity (Wildman–Crippen MR) is 76.2 cm³/mol. The van der Waals surface area contributed by atoms with E-state index in [1.807, 2.05) is 18.2 Å². The quantitative estimate of drug-likeness (QED) is 0.809. The molecule has 1 saturated heterocycles. The van der Waals surface area contributed by atoms with Crippen LogP contribution in [0.15, 0.2) is 18.2 Å². The lowest BCUT2D eigenvalue weighted by Gasteiger charge is -2.25. The van der Waals surface area contributed by atoms with E-state index in [9.17, 15) is 9.32 Å². The predicted octanol–water partition coefficient (Wildman–Crippen LogP) is 1.19. The Bertz CT molecular complexity index is 628. The van der Waals surface area contributed by atoms with E-state index in [0.717, 1.165) is 35.4 Å². The summed E-state index contributed by atoms with van der Waals surface area (Å²) in [6.45, 7) is -0.0891. The number of hydrogen-bond acceptors (Lipinski definition) is 4. The third kappa shape index (κ3) is 2.26. The molecule has 0 bridgehead atoms. The van der Waals surface area contributed by atoms with Gasteiger partial charge < -0.3 is 15.4 Å². The summed E-state index contributed by atoms with van der Waals surface area (Å²) in [7, 11) is -0.685. The van der Waals surface area contributed by atoms with Crippen molar-refractivity contribution in [3.63, 3.8) is 0 Å². The minimum atomic E-state index is -0.685. The summed E-state index contributed by atoms with van der Waals surface area (Å²) in [6, 6.07) is 5.89. The van der Waals surface area contributed by atoms with Gasteiger partial charge in [-0.15, -0.1) is 0 Å². The molecule has 0 unspecified atom stereocenters. The number of aliphatic hydroxyl groups excluding tert-OH is 1. The Morgan fingerprint density at radius 3 is 2.84 bits per heavy atom. The van der Waals surface area contributed by atoms with Crippen molar-refractivity contribution in [3.8, 4) is 0 Å². The molecule has 1 aromatic heterocycles. The maximum atomic E-state index is 11.5. The van der Waals surface area contributed by atoms with Crippen molar-refractivity contribution in [1.82, 2.24) is 9.55 Å². The summed E-state index contributed by atoms with van der Waals surface area (Å²) in [5.41, 5.74) is 8.25. The van der Waals surface area contributed by atoms with Gasteiger partial charge in [0.25, 0.3) is 0 Å². The van der Waals surface area contributed by atoms with Crippen molar-refractivity contribution in [2.45, 2.75) is 25.5 Å². The second-order valence-electron chi connectivity index (χ2n) is 4.88. The molecule has 102 valence electrons. The van der Waals surface area contributed by atoms with Crippen molar-refractivity contribution >= 4 is 27.5 Å². The van der Waals surface area contributed by atoms with Gasteiger partial charge in [0.05, 0.1) is 11.0 Å². The van der Waals surface area contributed by atoms with E-state index in [1.165, 1.54) is 0 Å². The minimum absolute atomic E-state index is 0.0891. The summed E-state index contributed by atoms with van der Waals surface area (Å²) >= 11 is 0. The Morgan fingerprint density at radius 2 is 2.16 bits per heavy atom. The van der Waals surface area contributed by atoms with E-state index in [0.29, 0.717) is 11.5 Å². The number of aliphatic hydroxyl groups is 1. The fourth-order valence-electron chi connectivity index (χ4n) is 2.72. The van der Waals surface area contributed by atoms with Crippen molar-refractivity contribution in [2.75, 3.05) is 17.2 Å². The van der Waals surface area contributed by atoms with Crippen LogP contribution in [-0.4, -0.2) is 30.4 Å². The van der Waals surface area contributed by atoms with Crippen LogP contribution in [0.4, 0.5) is 5.69 Å². The molecule has 5 nitrogen and oxygen atoms in total. The van der Waals surface area contributed by atoms with Gasteiger partial charge in [-0.3, -0.25) is 4.21 Å². The zero-order valence-electron chi connectivity index (χ0n) is 10.6. The third-order valence-corrected chi connectivity index (χ3v) is 5.03. The molecule has 1 aliphatic heterocycles. The number of nitrogens with two attached hydrogens (primary N) is 1. The minimum Gasteiger partial charge on any atom is -0.399 e. The number of fused-ring (bicyclic) bond motifs is 1. The molecule has 0 saturated carbocycles. The highest BCUT2D eigenvalue weighted by atomic mass is 32.2. The molecule has 19 heavy (non-hydrogen) atoms. The van der Waals surface area contributed by atoms with Crippen LogP contribution in [0.1, 0.15) is 24.7 Å². The normalized spacial score (nSPS) is 23.8. The summed E-state index contributed by atoms with van der Waals surface area (Å²) in [5.74, 6) is 2.12. The lowest BCUT2D eigenvalue weighted by molar-refractivity contribution is 0.259. The molecule has 0 spiro atoms. The van der Waals surface area contributed by atoms with Crippen LogP contribution in [0, 0.1) is 0 Å². The lowest BCUT2D eigenvalue weighted by atomic mass is 10.1. The van der Waals surface area contributed by atoms with Gasteiger partial charge in [-0.2, -0.15) is 0 Å². The van der Waals surface area contributed by atoms with Crippen molar-refractivity contribution in [2.24, 2.45) is 0 Å². The maximum absolute atomic E-state index is 11.5. The second kappa shape index (κ2) is 4.94. The molecule has 1 aliphatic rings. The lowest BCUT2D eigenvalue weighted by Crippen LogP contribution is -2.23. The van der Waals surface area contributed by atoms with E-state index in [1.54, 1.807) is 0 Å². The number of nitrogens with zero attached hydrogens (tertiary/aromatic N) is 2. The van der Waals surface area contributed by atoms with Crippen LogP contribution < -0.4 is 5.73 Å². The number of hydrogen-bond donors (Lipinski definition) is 2. The fourth-order valence-corrected chi connectivity index (χ4v) is 4.00. The number of aromatic nitrogens is 2. The topological polar surface area (TPSA) is 81.1 Å². The molecular formula is C13H17N3O2S. The average molecular weight is 279 g/mol. The number of nitrogen functional groups attached to an aromatic ring is 1. The molecule has 2 aromatic rings. The first-order valence-corrected chi connectivity index (χ1v) is 7.90. The van der Waals surface area contributed by atoms with E-state index in [-0.39, 0.29) is 12.6 Å². The molecule has 0 amide bonds. The van der Waals surface area contributed by atoms with Crippen LogP contribution in [0.5, 0.6) is 0 Å². The molecule has 3 rings (SSSR count). The number of imidazole rings is 1. The second-order valence-corrected chi connectivity index (χ2v) is 6.58. The first-order chi connectivity index (χ1) is 9.19. The van der Waals surface area contributed by atoms with Gasteiger partial charge in [0.15, 0.2) is 0 Å². The van der Waals surface area contributed by atoms with Crippen LogP contribution >= 0.6 is 0 Å². The first kappa shape index (κ1) is 12.6. The standard InChI is InChI=1S/C13H17N3O2S/c14-9-1-2-12-11(7-9)15-13(8-17)16(12)10-3-5-19(18)6-4-10/h1-2,7,10,17H,3-6,8,14H2. The third-order valence-electron chi connectivity index (χ3n) is 3.65. The van der Waals surface area contributed by atoms with Gasteiger partial charge >= 0.3 is 0 Å². The smallest absolute Gasteiger partial charge is 0.135 e. The van der Waals surface area contributed by atoms with Gasteiger partial charge in [-0.25, -0.2) is 4.98 Å². The van der Waals surface area contributed by atoms with E-state index >= 15 is 0 Å². The molecule has 0 aliphatic carbocycles. The fraction of sp³-hybridized carbons (Fsp3) is 0.462. The van der Waals surface area contributed by atoms with E-state index < -0.39 is 10.8 Å². The van der Waals surface area contributed by atoms with E-state index in [4.69, 9.17) is 5.73 Å². The largest absolute Gasteiger partial charge is 0.399 e. The highest BCUT2D eigenvalue weighted by molar-refractivity contribution is 7.85. The van der Waals surface area contributed by atoms with Gasteiger partial charge in [0.2, 0.25) is 0 Å². The molecule has 6 heteroatoms. The number of rotatable bonds is 2. The van der Waals surface area contributed by atoms with Crippen LogP contribution in [-0.2, 0) is 17.4 Å². The number of anilines is 1. The maximum Gasteiger partial charge on any atom is 0.135 e. The monoisotopic (exact) mass is 279 g/mol. The molecular weight excluding hydrogens is 262 g/mol.